The SMILES string of the molecule is c1cncc([C@@H]2CC3CC[C@H]2N3)c1. The van der Waals surface area contributed by atoms with Crippen molar-refractivity contribution in [2.45, 2.75) is 37.3 Å². The minimum absolute atomic E-state index is 0.729. The van der Waals surface area contributed by atoms with Crippen LogP contribution in [0.5, 0.6) is 0 Å². The van der Waals surface area contributed by atoms with E-state index in [1.54, 1.807) is 0 Å². The number of fused-ring (bicyclic) bond motifs is 2. The molecule has 1 N–H and O–H groups in total. The van der Waals surface area contributed by atoms with Crippen molar-refractivity contribution >= 4 is 0 Å². The molecule has 1 unspecified atom stereocenters. The molecule has 2 fully saturated rings. The highest BCUT2D eigenvalue weighted by molar-refractivity contribution is 5.21. The highest BCUT2D eigenvalue weighted by Gasteiger charge is 2.39. The van der Waals surface area contributed by atoms with Gasteiger partial charge in [0.2, 0.25) is 0 Å². The molecule has 68 valence electrons. The second-order valence-corrected chi connectivity index (χ2v) is 4.18. The number of nitrogens with one attached hydrogen (secondary N) is 1. The van der Waals surface area contributed by atoms with Crippen LogP contribution in [0.3, 0.4) is 0 Å². The van der Waals surface area contributed by atoms with Crippen LogP contribution in [0.2, 0.25) is 0 Å². The van der Waals surface area contributed by atoms with Gasteiger partial charge < -0.3 is 5.32 Å². The molecule has 2 nitrogen and oxygen atoms in total. The van der Waals surface area contributed by atoms with Gasteiger partial charge in [-0.25, -0.2) is 0 Å². The fraction of sp³-hybridized carbons (Fsp3) is 0.545. The predicted molar refractivity (Wildman–Crippen MR) is 51.5 cm³/mol. The third-order valence-electron chi connectivity index (χ3n) is 3.41. The van der Waals surface area contributed by atoms with Crippen molar-refractivity contribution in [2.24, 2.45) is 0 Å². The van der Waals surface area contributed by atoms with E-state index in [1.807, 2.05) is 18.5 Å². The smallest absolute Gasteiger partial charge is 0.0303 e. The lowest BCUT2D eigenvalue weighted by atomic mass is 9.85. The van der Waals surface area contributed by atoms with Gasteiger partial charge in [0.1, 0.15) is 0 Å². The van der Waals surface area contributed by atoms with E-state index in [1.165, 1.54) is 24.8 Å². The summed E-state index contributed by atoms with van der Waals surface area (Å²) in [4.78, 5) is 4.19. The lowest BCUT2D eigenvalue weighted by Crippen LogP contribution is -2.21. The zero-order valence-electron chi connectivity index (χ0n) is 7.61. The average Bonchev–Trinajstić information content (AvgIpc) is 2.80. The molecule has 2 saturated heterocycles. The number of nitrogens with zero attached hydrogens (tertiary/aromatic N) is 1. The van der Waals surface area contributed by atoms with Crippen LogP contribution in [-0.4, -0.2) is 17.1 Å². The first-order chi connectivity index (χ1) is 6.43. The Bertz CT molecular complexity index is 296. The normalized spacial score (nSPS) is 36.8. The summed E-state index contributed by atoms with van der Waals surface area (Å²) < 4.78 is 0. The Morgan fingerprint density at radius 2 is 2.38 bits per heavy atom. The van der Waals surface area contributed by atoms with Crippen LogP contribution in [0.25, 0.3) is 0 Å². The molecule has 2 aliphatic heterocycles. The highest BCUT2D eigenvalue weighted by atomic mass is 15.0. The highest BCUT2D eigenvalue weighted by Crippen LogP contribution is 2.39. The molecule has 2 heteroatoms. The average molecular weight is 174 g/mol. The van der Waals surface area contributed by atoms with Gasteiger partial charge in [-0.05, 0) is 30.9 Å². The topological polar surface area (TPSA) is 24.9 Å². The van der Waals surface area contributed by atoms with E-state index in [4.69, 9.17) is 0 Å². The number of rotatable bonds is 1. The summed E-state index contributed by atoms with van der Waals surface area (Å²) >= 11 is 0. The third kappa shape index (κ3) is 1.17. The van der Waals surface area contributed by atoms with Crippen molar-refractivity contribution in [3.8, 4) is 0 Å². The third-order valence-corrected chi connectivity index (χ3v) is 3.41. The first kappa shape index (κ1) is 7.51. The van der Waals surface area contributed by atoms with Gasteiger partial charge in [0, 0.05) is 30.4 Å². The molecular weight excluding hydrogens is 160 g/mol. The number of aromatic nitrogens is 1. The van der Waals surface area contributed by atoms with E-state index in [9.17, 15) is 0 Å². The zero-order chi connectivity index (χ0) is 8.67. The van der Waals surface area contributed by atoms with Gasteiger partial charge in [0.15, 0.2) is 0 Å². The minimum atomic E-state index is 0.729. The Morgan fingerprint density at radius 3 is 3.00 bits per heavy atom. The molecule has 0 aliphatic carbocycles. The molecular formula is C11H14N2. The summed E-state index contributed by atoms with van der Waals surface area (Å²) in [5, 5.41) is 3.65. The molecule has 3 heterocycles. The van der Waals surface area contributed by atoms with E-state index in [0.29, 0.717) is 0 Å². The van der Waals surface area contributed by atoms with Crippen molar-refractivity contribution in [3.63, 3.8) is 0 Å². The monoisotopic (exact) mass is 174 g/mol. The summed E-state index contributed by atoms with van der Waals surface area (Å²) in [6, 6.07) is 5.77. The summed E-state index contributed by atoms with van der Waals surface area (Å²) in [7, 11) is 0. The maximum atomic E-state index is 4.19. The summed E-state index contributed by atoms with van der Waals surface area (Å²) in [5.41, 5.74) is 1.42. The van der Waals surface area contributed by atoms with Gasteiger partial charge in [-0.1, -0.05) is 6.07 Å². The second kappa shape index (κ2) is 2.81. The van der Waals surface area contributed by atoms with Gasteiger partial charge in [0.25, 0.3) is 0 Å². The number of pyridine rings is 1. The molecule has 2 bridgehead atoms. The molecule has 1 aromatic rings. The molecule has 3 atom stereocenters. The standard InChI is InChI=1S/C11H14N2/c1-2-8(7-12-5-1)10-6-9-3-4-11(10)13-9/h1-2,5,7,9-11,13H,3-4,6H2/t9?,10-,11+/m0/s1. The molecule has 3 rings (SSSR count). The predicted octanol–water partition coefficient (Wildman–Crippen LogP) is 1.69. The van der Waals surface area contributed by atoms with Crippen LogP contribution in [0.15, 0.2) is 24.5 Å². The van der Waals surface area contributed by atoms with Crippen molar-refractivity contribution in [1.82, 2.24) is 10.3 Å². The van der Waals surface area contributed by atoms with Crippen LogP contribution in [0.4, 0.5) is 0 Å². The molecule has 2 aliphatic rings. The lowest BCUT2D eigenvalue weighted by molar-refractivity contribution is 0.505. The Morgan fingerprint density at radius 1 is 1.38 bits per heavy atom. The minimum Gasteiger partial charge on any atom is -0.311 e. The van der Waals surface area contributed by atoms with E-state index >= 15 is 0 Å². The fourth-order valence-corrected chi connectivity index (χ4v) is 2.79. The molecule has 0 saturated carbocycles. The maximum absolute atomic E-state index is 4.19. The number of hydrogen-bond acceptors (Lipinski definition) is 2. The van der Waals surface area contributed by atoms with Crippen LogP contribution >= 0.6 is 0 Å². The van der Waals surface area contributed by atoms with Crippen LogP contribution < -0.4 is 5.32 Å². The van der Waals surface area contributed by atoms with Gasteiger partial charge in [0.05, 0.1) is 0 Å². The Balaban J connectivity index is 1.87. The van der Waals surface area contributed by atoms with Gasteiger partial charge in [-0.2, -0.15) is 0 Å². The van der Waals surface area contributed by atoms with Crippen LogP contribution in [0, 0.1) is 0 Å². The summed E-state index contributed by atoms with van der Waals surface area (Å²) in [6.07, 6.45) is 7.92. The first-order valence-corrected chi connectivity index (χ1v) is 5.09. The fourth-order valence-electron chi connectivity index (χ4n) is 2.79. The van der Waals surface area contributed by atoms with E-state index in [2.05, 4.69) is 16.4 Å². The van der Waals surface area contributed by atoms with Crippen molar-refractivity contribution in [3.05, 3.63) is 30.1 Å². The van der Waals surface area contributed by atoms with Crippen molar-refractivity contribution < 1.29 is 0 Å². The summed E-state index contributed by atoms with van der Waals surface area (Å²) in [5.74, 6) is 0.729. The Kier molecular flexibility index (Phi) is 1.62. The van der Waals surface area contributed by atoms with E-state index < -0.39 is 0 Å². The summed E-state index contributed by atoms with van der Waals surface area (Å²) in [6.45, 7) is 0. The van der Waals surface area contributed by atoms with Crippen LogP contribution in [0.1, 0.15) is 30.7 Å². The number of hydrogen-bond donors (Lipinski definition) is 1. The molecule has 0 spiro atoms. The van der Waals surface area contributed by atoms with E-state index in [0.717, 1.165) is 18.0 Å². The Labute approximate surface area is 78.4 Å². The lowest BCUT2D eigenvalue weighted by Gasteiger charge is -2.19. The zero-order valence-corrected chi connectivity index (χ0v) is 7.61. The molecule has 13 heavy (non-hydrogen) atoms. The van der Waals surface area contributed by atoms with Gasteiger partial charge in [-0.3, -0.25) is 4.98 Å². The van der Waals surface area contributed by atoms with E-state index in [-0.39, 0.29) is 0 Å². The molecule has 0 aromatic carbocycles. The Hall–Kier alpha value is -0.890. The quantitative estimate of drug-likeness (QED) is 0.700. The molecule has 0 amide bonds. The van der Waals surface area contributed by atoms with Gasteiger partial charge >= 0.3 is 0 Å². The molecule has 1 aromatic heterocycles. The second-order valence-electron chi connectivity index (χ2n) is 4.18. The van der Waals surface area contributed by atoms with Crippen molar-refractivity contribution in [1.29, 1.82) is 0 Å². The largest absolute Gasteiger partial charge is 0.311 e. The van der Waals surface area contributed by atoms with Crippen molar-refractivity contribution in [2.75, 3.05) is 0 Å². The first-order valence-electron chi connectivity index (χ1n) is 5.09. The van der Waals surface area contributed by atoms with Gasteiger partial charge in [-0.15, -0.1) is 0 Å². The maximum Gasteiger partial charge on any atom is 0.0303 e. The van der Waals surface area contributed by atoms with Crippen LogP contribution in [-0.2, 0) is 0 Å². The molecule has 0 radical (unpaired) electrons.